The van der Waals surface area contributed by atoms with E-state index in [4.69, 9.17) is 4.74 Å². The van der Waals surface area contributed by atoms with Crippen LogP contribution < -0.4 is 9.64 Å². The molecule has 0 saturated carbocycles. The quantitative estimate of drug-likeness (QED) is 0.534. The molecule has 13 heteroatoms. The standard InChI is InChI=1S/C20H28F4N4O4S/c1-3-25-6-12-28(13-7-25)33(30,31)15-4-5-17(32-2)16(14-15)26-8-10-27(11-9-26)19(29)20(23,24)18(21)22/h4-5,14,18H,3,6-13H2,1-2H3. The molecule has 1 aromatic rings. The van der Waals surface area contributed by atoms with Gasteiger partial charge in [0.25, 0.3) is 5.91 Å². The van der Waals surface area contributed by atoms with Crippen molar-refractivity contribution in [3.05, 3.63) is 18.2 Å². The normalized spacial score (nSPS) is 19.2. The third-order valence-corrected chi connectivity index (χ3v) is 7.93. The Balaban J connectivity index is 1.77. The fraction of sp³-hybridized carbons (Fsp3) is 0.650. The number of alkyl halides is 4. The molecule has 8 nitrogen and oxygen atoms in total. The molecular weight excluding hydrogens is 468 g/mol. The summed E-state index contributed by atoms with van der Waals surface area (Å²) >= 11 is 0. The summed E-state index contributed by atoms with van der Waals surface area (Å²) in [5.74, 6) is -6.27. The highest BCUT2D eigenvalue weighted by atomic mass is 32.2. The second kappa shape index (κ2) is 10.0. The molecule has 33 heavy (non-hydrogen) atoms. The Morgan fingerprint density at radius 3 is 2.18 bits per heavy atom. The number of amides is 1. The van der Waals surface area contributed by atoms with Gasteiger partial charge in [-0.1, -0.05) is 6.92 Å². The number of piperazine rings is 2. The van der Waals surface area contributed by atoms with E-state index in [1.54, 1.807) is 4.90 Å². The van der Waals surface area contributed by atoms with Gasteiger partial charge in [-0.25, -0.2) is 17.2 Å². The van der Waals surface area contributed by atoms with Crippen molar-refractivity contribution in [2.24, 2.45) is 0 Å². The number of halogens is 4. The minimum Gasteiger partial charge on any atom is -0.495 e. The first-order valence-electron chi connectivity index (χ1n) is 10.6. The maximum Gasteiger partial charge on any atom is 0.383 e. The van der Waals surface area contributed by atoms with Gasteiger partial charge in [0.15, 0.2) is 0 Å². The van der Waals surface area contributed by atoms with Crippen LogP contribution in [0.4, 0.5) is 23.2 Å². The highest BCUT2D eigenvalue weighted by molar-refractivity contribution is 7.89. The average molecular weight is 497 g/mol. The number of benzene rings is 1. The topological polar surface area (TPSA) is 73.4 Å². The van der Waals surface area contributed by atoms with Crippen molar-refractivity contribution in [1.29, 1.82) is 0 Å². The number of nitrogens with zero attached hydrogens (tertiary/aromatic N) is 4. The van der Waals surface area contributed by atoms with Crippen LogP contribution in [0.1, 0.15) is 6.92 Å². The van der Waals surface area contributed by atoms with Crippen LogP contribution >= 0.6 is 0 Å². The molecule has 2 heterocycles. The second-order valence-electron chi connectivity index (χ2n) is 7.87. The summed E-state index contributed by atoms with van der Waals surface area (Å²) in [6.07, 6.45) is -4.08. The van der Waals surface area contributed by atoms with E-state index in [-0.39, 0.29) is 31.1 Å². The number of rotatable bonds is 7. The Morgan fingerprint density at radius 2 is 1.67 bits per heavy atom. The van der Waals surface area contributed by atoms with Crippen molar-refractivity contribution in [2.75, 3.05) is 70.9 Å². The maximum absolute atomic E-state index is 13.4. The van der Waals surface area contributed by atoms with Crippen LogP contribution in [0.15, 0.2) is 23.1 Å². The van der Waals surface area contributed by atoms with E-state index < -0.39 is 28.3 Å². The smallest absolute Gasteiger partial charge is 0.383 e. The largest absolute Gasteiger partial charge is 0.495 e. The van der Waals surface area contributed by atoms with Gasteiger partial charge in [-0.2, -0.15) is 13.1 Å². The number of sulfonamides is 1. The van der Waals surface area contributed by atoms with Gasteiger partial charge < -0.3 is 19.4 Å². The zero-order chi connectivity index (χ0) is 24.4. The number of anilines is 1. The minimum absolute atomic E-state index is 0.0556. The fourth-order valence-corrected chi connectivity index (χ4v) is 5.41. The monoisotopic (exact) mass is 496 g/mol. The highest BCUT2D eigenvalue weighted by Gasteiger charge is 2.51. The Bertz CT molecular complexity index is 947. The lowest BCUT2D eigenvalue weighted by molar-refractivity contribution is -0.180. The Labute approximate surface area is 190 Å². The summed E-state index contributed by atoms with van der Waals surface area (Å²) in [6.45, 7) is 4.57. The maximum atomic E-state index is 13.4. The molecule has 0 aliphatic carbocycles. The van der Waals surface area contributed by atoms with E-state index in [0.717, 1.165) is 6.54 Å². The van der Waals surface area contributed by atoms with Gasteiger partial charge in [0.2, 0.25) is 10.0 Å². The third-order valence-electron chi connectivity index (χ3n) is 6.03. The molecule has 2 aliphatic rings. The first-order valence-corrected chi connectivity index (χ1v) is 12.1. The zero-order valence-electron chi connectivity index (χ0n) is 18.5. The number of carbonyl (C=O) groups is 1. The summed E-state index contributed by atoms with van der Waals surface area (Å²) in [4.78, 5) is 16.4. The Hall–Kier alpha value is -2.12. The molecule has 0 bridgehead atoms. The molecule has 2 fully saturated rings. The van der Waals surface area contributed by atoms with Gasteiger partial charge in [-0.15, -0.1) is 0 Å². The summed E-state index contributed by atoms with van der Waals surface area (Å²) in [6, 6.07) is 4.44. The number of hydrogen-bond donors (Lipinski definition) is 0. The predicted molar refractivity (Wildman–Crippen MR) is 114 cm³/mol. The third kappa shape index (κ3) is 5.19. The van der Waals surface area contributed by atoms with E-state index in [2.05, 4.69) is 4.90 Å². The van der Waals surface area contributed by atoms with Gasteiger partial charge in [-0.3, -0.25) is 4.79 Å². The van der Waals surface area contributed by atoms with E-state index in [0.29, 0.717) is 42.5 Å². The van der Waals surface area contributed by atoms with Crippen molar-refractivity contribution in [3.63, 3.8) is 0 Å². The molecule has 1 aromatic carbocycles. The van der Waals surface area contributed by atoms with Crippen molar-refractivity contribution in [3.8, 4) is 5.75 Å². The van der Waals surface area contributed by atoms with Crippen molar-refractivity contribution < 1.29 is 35.5 Å². The Kier molecular flexibility index (Phi) is 7.74. The average Bonchev–Trinajstić information content (AvgIpc) is 2.83. The van der Waals surface area contributed by atoms with Crippen LogP contribution in [0, 0.1) is 0 Å². The van der Waals surface area contributed by atoms with Gasteiger partial charge in [0, 0.05) is 52.4 Å². The van der Waals surface area contributed by atoms with E-state index in [1.165, 1.54) is 29.6 Å². The molecule has 2 saturated heterocycles. The summed E-state index contributed by atoms with van der Waals surface area (Å²) in [5, 5.41) is 0. The van der Waals surface area contributed by atoms with Crippen LogP contribution in [0.5, 0.6) is 5.75 Å². The van der Waals surface area contributed by atoms with E-state index in [9.17, 15) is 30.8 Å². The van der Waals surface area contributed by atoms with Crippen molar-refractivity contribution in [1.82, 2.24) is 14.1 Å². The number of ether oxygens (including phenoxy) is 1. The van der Waals surface area contributed by atoms with Gasteiger partial charge in [-0.05, 0) is 24.7 Å². The van der Waals surface area contributed by atoms with Gasteiger partial charge >= 0.3 is 12.3 Å². The number of hydrogen-bond acceptors (Lipinski definition) is 6. The minimum atomic E-state index is -4.74. The molecule has 0 radical (unpaired) electrons. The lowest BCUT2D eigenvalue weighted by Crippen LogP contribution is -2.55. The summed E-state index contributed by atoms with van der Waals surface area (Å²) < 4.78 is 85.0. The first kappa shape index (κ1) is 25.5. The lowest BCUT2D eigenvalue weighted by atomic mass is 10.2. The lowest BCUT2D eigenvalue weighted by Gasteiger charge is -2.38. The molecule has 2 aliphatic heterocycles. The van der Waals surface area contributed by atoms with Crippen LogP contribution in [0.25, 0.3) is 0 Å². The highest BCUT2D eigenvalue weighted by Crippen LogP contribution is 2.34. The Morgan fingerprint density at radius 1 is 1.06 bits per heavy atom. The molecule has 0 aromatic heterocycles. The SMILES string of the molecule is CCN1CCN(S(=O)(=O)c2ccc(OC)c(N3CCN(C(=O)C(F)(F)C(F)F)CC3)c2)CC1. The van der Waals surface area contributed by atoms with Crippen LogP contribution in [0.3, 0.4) is 0 Å². The van der Waals surface area contributed by atoms with Gasteiger partial charge in [0.05, 0.1) is 17.7 Å². The molecule has 0 unspecified atom stereocenters. The van der Waals surface area contributed by atoms with Crippen molar-refractivity contribution >= 4 is 21.6 Å². The number of methoxy groups -OCH3 is 1. The zero-order valence-corrected chi connectivity index (χ0v) is 19.3. The molecule has 3 rings (SSSR count). The molecule has 0 atom stereocenters. The molecule has 0 spiro atoms. The number of carbonyl (C=O) groups excluding carboxylic acids is 1. The predicted octanol–water partition coefficient (Wildman–Crippen LogP) is 1.57. The second-order valence-corrected chi connectivity index (χ2v) is 9.81. The van der Waals surface area contributed by atoms with E-state index in [1.807, 2.05) is 6.92 Å². The van der Waals surface area contributed by atoms with Crippen LogP contribution in [-0.4, -0.2) is 107 Å². The molecule has 0 N–H and O–H groups in total. The molecule has 186 valence electrons. The summed E-state index contributed by atoms with van der Waals surface area (Å²) in [5.41, 5.74) is 0.429. The van der Waals surface area contributed by atoms with Crippen LogP contribution in [0.2, 0.25) is 0 Å². The fourth-order valence-electron chi connectivity index (χ4n) is 3.97. The van der Waals surface area contributed by atoms with Crippen molar-refractivity contribution in [2.45, 2.75) is 24.2 Å². The van der Waals surface area contributed by atoms with Gasteiger partial charge in [0.1, 0.15) is 5.75 Å². The number of likely N-dealkylation sites (N-methyl/N-ethyl adjacent to an activating group) is 1. The van der Waals surface area contributed by atoms with Crippen LogP contribution in [-0.2, 0) is 14.8 Å². The molecule has 1 amide bonds. The van der Waals surface area contributed by atoms with E-state index >= 15 is 0 Å². The first-order chi connectivity index (χ1) is 15.5. The molecular formula is C20H28F4N4O4S. The summed E-state index contributed by atoms with van der Waals surface area (Å²) in [7, 11) is -2.34.